The van der Waals surface area contributed by atoms with Crippen LogP contribution in [0, 0.1) is 0 Å². The van der Waals surface area contributed by atoms with E-state index in [9.17, 15) is 9.59 Å². The van der Waals surface area contributed by atoms with E-state index < -0.39 is 17.4 Å². The van der Waals surface area contributed by atoms with E-state index in [0.29, 0.717) is 10.0 Å². The number of hydrogen-bond acceptors (Lipinski definition) is 4. The summed E-state index contributed by atoms with van der Waals surface area (Å²) in [6.07, 6.45) is 0.161. The van der Waals surface area contributed by atoms with Gasteiger partial charge in [-0.05, 0) is 31.0 Å². The van der Waals surface area contributed by atoms with Crippen molar-refractivity contribution in [3.63, 3.8) is 0 Å². The molecule has 0 spiro atoms. The third-order valence-electron chi connectivity index (χ3n) is 3.89. The zero-order valence-electron chi connectivity index (χ0n) is 14.3. The molecule has 0 bridgehead atoms. The van der Waals surface area contributed by atoms with E-state index in [1.165, 1.54) is 0 Å². The minimum absolute atomic E-state index is 0.161. The lowest BCUT2D eigenvalue weighted by atomic mass is 9.75. The summed E-state index contributed by atoms with van der Waals surface area (Å²) in [6.45, 7) is 3.80. The first-order chi connectivity index (χ1) is 12.1. The first-order valence-electron chi connectivity index (χ1n) is 8.19. The highest BCUT2D eigenvalue weighted by molar-refractivity contribution is 9.10. The molecule has 0 fully saturated rings. The molecule has 0 aliphatic carbocycles. The lowest BCUT2D eigenvalue weighted by Crippen LogP contribution is -2.48. The minimum Gasteiger partial charge on any atom is -0.465 e. The quantitative estimate of drug-likeness (QED) is 0.515. The third kappa shape index (κ3) is 4.10. The van der Waals surface area contributed by atoms with Gasteiger partial charge in [0.1, 0.15) is 0 Å². The Morgan fingerprint density at radius 1 is 0.880 bits per heavy atom. The van der Waals surface area contributed by atoms with Crippen molar-refractivity contribution in [3.05, 3.63) is 70.2 Å². The number of rotatable bonds is 7. The monoisotopic (exact) mass is 404 g/mol. The maximum atomic E-state index is 13.0. The highest BCUT2D eigenvalue weighted by atomic mass is 79.9. The Morgan fingerprint density at radius 2 is 1.40 bits per heavy atom. The summed E-state index contributed by atoms with van der Waals surface area (Å²) >= 11 is 3.47. The highest BCUT2D eigenvalue weighted by Crippen LogP contribution is 2.36. The molecule has 0 aliphatic heterocycles. The number of benzene rings is 2. The molecule has 0 saturated carbocycles. The summed E-state index contributed by atoms with van der Waals surface area (Å²) in [4.78, 5) is 26.0. The molecule has 4 nitrogen and oxygen atoms in total. The molecule has 0 heterocycles. The van der Waals surface area contributed by atoms with E-state index in [0.717, 1.165) is 5.56 Å². The first kappa shape index (κ1) is 19.2. The third-order valence-corrected chi connectivity index (χ3v) is 4.59. The van der Waals surface area contributed by atoms with Crippen LogP contribution >= 0.6 is 15.9 Å². The van der Waals surface area contributed by atoms with Crippen molar-refractivity contribution >= 4 is 27.9 Å². The molecule has 0 saturated heterocycles. The Bertz CT molecular complexity index is 709. The fourth-order valence-electron chi connectivity index (χ4n) is 2.76. The molecule has 0 aromatic heterocycles. The highest BCUT2D eigenvalue weighted by Gasteiger charge is 2.51. The molecule has 0 N–H and O–H groups in total. The van der Waals surface area contributed by atoms with Crippen LogP contribution in [0.5, 0.6) is 0 Å². The summed E-state index contributed by atoms with van der Waals surface area (Å²) in [5.74, 6) is -1.21. The lowest BCUT2D eigenvalue weighted by Gasteiger charge is -2.30. The van der Waals surface area contributed by atoms with Crippen LogP contribution in [0.3, 0.4) is 0 Å². The molecule has 0 aliphatic rings. The molecule has 132 valence electrons. The van der Waals surface area contributed by atoms with Gasteiger partial charge in [-0.15, -0.1) is 0 Å². The number of carbonyl (C=O) groups is 2. The summed E-state index contributed by atoms with van der Waals surface area (Å²) in [5.41, 5.74) is -0.178. The van der Waals surface area contributed by atoms with Crippen LogP contribution in [0.15, 0.2) is 59.1 Å². The van der Waals surface area contributed by atoms with Gasteiger partial charge < -0.3 is 9.47 Å². The molecule has 2 aromatic carbocycles. The maximum Gasteiger partial charge on any atom is 0.328 e. The van der Waals surface area contributed by atoms with E-state index >= 15 is 0 Å². The van der Waals surface area contributed by atoms with Gasteiger partial charge in [-0.3, -0.25) is 9.59 Å². The van der Waals surface area contributed by atoms with E-state index in [1.807, 2.05) is 36.4 Å². The molecule has 2 rings (SSSR count). The van der Waals surface area contributed by atoms with E-state index in [-0.39, 0.29) is 19.6 Å². The van der Waals surface area contributed by atoms with E-state index in [2.05, 4.69) is 15.9 Å². The maximum absolute atomic E-state index is 13.0. The second kappa shape index (κ2) is 8.81. The summed E-state index contributed by atoms with van der Waals surface area (Å²) in [5, 5.41) is 0. The zero-order valence-corrected chi connectivity index (χ0v) is 15.9. The molecule has 2 aromatic rings. The van der Waals surface area contributed by atoms with Gasteiger partial charge in [0.2, 0.25) is 0 Å². The van der Waals surface area contributed by atoms with E-state index in [1.54, 1.807) is 32.0 Å². The van der Waals surface area contributed by atoms with Crippen LogP contribution in [0.4, 0.5) is 0 Å². The Labute approximate surface area is 156 Å². The minimum atomic E-state index is -1.56. The van der Waals surface area contributed by atoms with Crippen molar-refractivity contribution in [2.24, 2.45) is 0 Å². The molecular weight excluding hydrogens is 384 g/mol. The van der Waals surface area contributed by atoms with Gasteiger partial charge in [0.05, 0.1) is 13.2 Å². The molecule has 0 atom stereocenters. The van der Waals surface area contributed by atoms with Crippen LogP contribution in [-0.4, -0.2) is 25.2 Å². The van der Waals surface area contributed by atoms with Crippen molar-refractivity contribution in [2.75, 3.05) is 13.2 Å². The van der Waals surface area contributed by atoms with Gasteiger partial charge >= 0.3 is 11.9 Å². The number of halogens is 1. The first-order valence-corrected chi connectivity index (χ1v) is 8.99. The van der Waals surface area contributed by atoms with Crippen molar-refractivity contribution in [1.82, 2.24) is 0 Å². The Hall–Kier alpha value is -2.14. The molecule has 5 heteroatoms. The van der Waals surface area contributed by atoms with E-state index in [4.69, 9.17) is 9.47 Å². The molecular formula is C20H21BrO4. The Kier molecular flexibility index (Phi) is 6.76. The van der Waals surface area contributed by atoms with Crippen LogP contribution < -0.4 is 0 Å². The van der Waals surface area contributed by atoms with Crippen molar-refractivity contribution < 1.29 is 19.1 Å². The van der Waals surface area contributed by atoms with Crippen molar-refractivity contribution in [1.29, 1.82) is 0 Å². The van der Waals surface area contributed by atoms with Gasteiger partial charge in [0.15, 0.2) is 5.41 Å². The standard InChI is InChI=1S/C20H21BrO4/c1-3-24-18(22)20(19(23)25-4-2,14-15-10-6-5-7-11-15)16-12-8-9-13-17(16)21/h5-13H,3-4,14H2,1-2H3. The summed E-state index contributed by atoms with van der Waals surface area (Å²) in [6, 6.07) is 16.6. The van der Waals surface area contributed by atoms with Crippen LogP contribution in [-0.2, 0) is 30.9 Å². The number of hydrogen-bond donors (Lipinski definition) is 0. The predicted octanol–water partition coefficient (Wildman–Crippen LogP) is 4.06. The summed E-state index contributed by atoms with van der Waals surface area (Å²) in [7, 11) is 0. The Morgan fingerprint density at radius 3 is 1.92 bits per heavy atom. The van der Waals surface area contributed by atoms with Gasteiger partial charge in [-0.2, -0.15) is 0 Å². The summed E-state index contributed by atoms with van der Waals surface area (Å²) < 4.78 is 11.3. The second-order valence-electron chi connectivity index (χ2n) is 5.49. The largest absolute Gasteiger partial charge is 0.465 e. The average molecular weight is 405 g/mol. The second-order valence-corrected chi connectivity index (χ2v) is 6.34. The topological polar surface area (TPSA) is 52.6 Å². The average Bonchev–Trinajstić information content (AvgIpc) is 2.61. The molecule has 0 amide bonds. The molecule has 25 heavy (non-hydrogen) atoms. The molecule has 0 unspecified atom stereocenters. The lowest BCUT2D eigenvalue weighted by molar-refractivity contribution is -0.165. The van der Waals surface area contributed by atoms with Gasteiger partial charge in [0, 0.05) is 10.9 Å². The fourth-order valence-corrected chi connectivity index (χ4v) is 3.38. The van der Waals surface area contributed by atoms with Gasteiger partial charge in [-0.25, -0.2) is 0 Å². The SMILES string of the molecule is CCOC(=O)C(Cc1ccccc1)(C(=O)OCC)c1ccccc1Br. The predicted molar refractivity (Wildman–Crippen MR) is 99.2 cm³/mol. The van der Waals surface area contributed by atoms with Crippen LogP contribution in [0.2, 0.25) is 0 Å². The van der Waals surface area contributed by atoms with Gasteiger partial charge in [0.25, 0.3) is 0 Å². The zero-order chi connectivity index (χ0) is 18.3. The van der Waals surface area contributed by atoms with Gasteiger partial charge in [-0.1, -0.05) is 64.5 Å². The molecule has 0 radical (unpaired) electrons. The van der Waals surface area contributed by atoms with Crippen molar-refractivity contribution in [2.45, 2.75) is 25.7 Å². The fraction of sp³-hybridized carbons (Fsp3) is 0.300. The smallest absolute Gasteiger partial charge is 0.328 e. The van der Waals surface area contributed by atoms with Crippen LogP contribution in [0.1, 0.15) is 25.0 Å². The number of esters is 2. The van der Waals surface area contributed by atoms with Crippen LogP contribution in [0.25, 0.3) is 0 Å². The normalized spacial score (nSPS) is 11.0. The number of carbonyl (C=O) groups excluding carboxylic acids is 2. The van der Waals surface area contributed by atoms with Crippen molar-refractivity contribution in [3.8, 4) is 0 Å². The number of ether oxygens (including phenoxy) is 2. The Balaban J connectivity index is 2.66.